The number of ether oxygens (including phenoxy) is 1. The summed E-state index contributed by atoms with van der Waals surface area (Å²) in [6.45, 7) is 1.05. The zero-order valence-electron chi connectivity index (χ0n) is 24.7. The second kappa shape index (κ2) is 12.3. The predicted octanol–water partition coefficient (Wildman–Crippen LogP) is 4.84. The highest BCUT2D eigenvalue weighted by atomic mass is 32.2. The second-order valence-electron chi connectivity index (χ2n) is 11.7. The molecular weight excluding hydrogens is 678 g/mol. The third-order valence-electron chi connectivity index (χ3n) is 8.54. The van der Waals surface area contributed by atoms with Crippen LogP contribution in [0.3, 0.4) is 0 Å². The average molecular weight is 707 g/mol. The molecule has 248 valence electrons. The summed E-state index contributed by atoms with van der Waals surface area (Å²) < 4.78 is 103. The molecule has 3 fully saturated rings. The lowest BCUT2D eigenvalue weighted by Gasteiger charge is -2.34. The highest BCUT2D eigenvalue weighted by Gasteiger charge is 2.40. The van der Waals surface area contributed by atoms with Crippen LogP contribution in [0, 0.1) is 17.5 Å². The number of nitrogens with one attached hydrogen (secondary N) is 2. The minimum Gasteiger partial charge on any atom is -0.377 e. The van der Waals surface area contributed by atoms with Crippen LogP contribution in [-0.4, -0.2) is 74.6 Å². The van der Waals surface area contributed by atoms with Gasteiger partial charge < -0.3 is 15.0 Å². The molecule has 0 aliphatic carbocycles. The van der Waals surface area contributed by atoms with Crippen molar-refractivity contribution in [2.45, 2.75) is 48.7 Å². The van der Waals surface area contributed by atoms with E-state index in [1.807, 2.05) is 4.72 Å². The average Bonchev–Trinajstić information content (AvgIpc) is 3.56. The van der Waals surface area contributed by atoms with Crippen LogP contribution in [0.1, 0.15) is 25.7 Å². The van der Waals surface area contributed by atoms with Crippen LogP contribution in [0.15, 0.2) is 53.6 Å². The van der Waals surface area contributed by atoms with Gasteiger partial charge in [-0.1, -0.05) is 23.5 Å². The Labute approximate surface area is 273 Å². The number of halogens is 3. The molecule has 0 amide bonds. The van der Waals surface area contributed by atoms with Crippen LogP contribution in [0.25, 0.3) is 21.8 Å². The van der Waals surface area contributed by atoms with Crippen molar-refractivity contribution in [3.8, 4) is 21.8 Å². The molecule has 2 N–H and O–H groups in total. The number of aromatic nitrogens is 3. The summed E-state index contributed by atoms with van der Waals surface area (Å²) in [5, 5.41) is 3.83. The van der Waals surface area contributed by atoms with Crippen molar-refractivity contribution >= 4 is 48.0 Å². The van der Waals surface area contributed by atoms with Crippen molar-refractivity contribution in [2.24, 2.45) is 0 Å². The van der Waals surface area contributed by atoms with Crippen molar-refractivity contribution < 1.29 is 34.7 Å². The van der Waals surface area contributed by atoms with Gasteiger partial charge in [0.05, 0.1) is 58.8 Å². The number of sulfone groups is 1. The van der Waals surface area contributed by atoms with Gasteiger partial charge in [-0.25, -0.2) is 45.0 Å². The maximum absolute atomic E-state index is 16.3. The fourth-order valence-corrected chi connectivity index (χ4v) is 10.1. The first-order valence-electron chi connectivity index (χ1n) is 14.9. The van der Waals surface area contributed by atoms with Crippen molar-refractivity contribution in [3.63, 3.8) is 0 Å². The molecule has 0 spiro atoms. The van der Waals surface area contributed by atoms with Gasteiger partial charge in [0.2, 0.25) is 5.95 Å². The second-order valence-corrected chi connectivity index (χ2v) is 16.6. The molecule has 0 saturated carbocycles. The van der Waals surface area contributed by atoms with Crippen LogP contribution < -0.4 is 14.9 Å². The predicted molar refractivity (Wildman–Crippen MR) is 171 cm³/mol. The molecular formula is C30H29F3N6O5S3. The van der Waals surface area contributed by atoms with Crippen molar-refractivity contribution in [2.75, 3.05) is 39.7 Å². The summed E-state index contributed by atoms with van der Waals surface area (Å²) in [5.74, 6) is -3.22. The third-order valence-corrected chi connectivity index (χ3v) is 12.8. The molecule has 7 rings (SSSR count). The largest absolute Gasteiger partial charge is 0.377 e. The van der Waals surface area contributed by atoms with Crippen molar-refractivity contribution in [1.82, 2.24) is 15.0 Å². The minimum absolute atomic E-state index is 0.0529. The molecule has 5 heterocycles. The number of fused-ring (bicyclic) bond motifs is 2. The standard InChI is InChI=1S/C30H29F3N6O5S3/c31-21-4-2-5-22(32)28(21)47(42,43)38-23-6-1-3-20(25(23)33)26-27(45-30(37-26)39-18-7-8-19(39)16-44-15-18)24-9-12-34-29(36-24)35-17-10-13-46(40,41)14-11-17/h1-6,9,12,17-19,38H,7-8,10-11,13-16H2,(H,34,35,36). The SMILES string of the molecule is O=S1(=O)CCC(Nc2nccc(-c3sc(N4C5CCC4COC5)nc3-c3cccc(NS(=O)(=O)c4c(F)cccc4F)c3F)n2)CC1. The maximum atomic E-state index is 16.3. The number of anilines is 3. The lowest BCUT2D eigenvalue weighted by atomic mass is 10.1. The number of morpholine rings is 1. The molecule has 0 radical (unpaired) electrons. The number of rotatable bonds is 8. The number of nitrogens with zero attached hydrogens (tertiary/aromatic N) is 4. The Morgan fingerprint density at radius 2 is 1.60 bits per heavy atom. The number of hydrogen-bond donors (Lipinski definition) is 2. The molecule has 2 aromatic heterocycles. The van der Waals surface area contributed by atoms with E-state index in [0.717, 1.165) is 37.1 Å². The Bertz CT molecular complexity index is 2010. The molecule has 2 aromatic carbocycles. The smallest absolute Gasteiger partial charge is 0.267 e. The molecule has 2 bridgehead atoms. The summed E-state index contributed by atoms with van der Waals surface area (Å²) in [5.41, 5.74) is 0.0429. The van der Waals surface area contributed by atoms with Gasteiger partial charge >= 0.3 is 0 Å². The van der Waals surface area contributed by atoms with E-state index in [9.17, 15) is 25.6 Å². The summed E-state index contributed by atoms with van der Waals surface area (Å²) in [7, 11) is -7.91. The highest BCUT2D eigenvalue weighted by molar-refractivity contribution is 7.92. The van der Waals surface area contributed by atoms with E-state index in [2.05, 4.69) is 20.2 Å². The van der Waals surface area contributed by atoms with Crippen LogP contribution >= 0.6 is 11.3 Å². The third kappa shape index (κ3) is 6.28. The highest BCUT2D eigenvalue weighted by Crippen LogP contribution is 2.45. The fraction of sp³-hybridized carbons (Fsp3) is 0.367. The number of sulfonamides is 1. The topological polar surface area (TPSA) is 143 Å². The van der Waals surface area contributed by atoms with E-state index in [0.29, 0.717) is 41.8 Å². The summed E-state index contributed by atoms with van der Waals surface area (Å²) >= 11 is 1.30. The van der Waals surface area contributed by atoms with E-state index in [4.69, 9.17) is 9.72 Å². The van der Waals surface area contributed by atoms with Gasteiger partial charge in [-0.05, 0) is 56.0 Å². The lowest BCUT2D eigenvalue weighted by molar-refractivity contribution is 0.0906. The fourth-order valence-electron chi connectivity index (χ4n) is 6.22. The van der Waals surface area contributed by atoms with Crippen molar-refractivity contribution in [3.05, 3.63) is 66.1 Å². The normalized spacial score (nSPS) is 21.1. The Hall–Kier alpha value is -3.80. The van der Waals surface area contributed by atoms with Gasteiger partial charge in [0.25, 0.3) is 10.0 Å². The van der Waals surface area contributed by atoms with Crippen molar-refractivity contribution in [1.29, 1.82) is 0 Å². The monoisotopic (exact) mass is 706 g/mol. The van der Waals surface area contributed by atoms with Gasteiger partial charge in [-0.15, -0.1) is 0 Å². The number of benzene rings is 2. The molecule has 17 heteroatoms. The summed E-state index contributed by atoms with van der Waals surface area (Å²) in [4.78, 5) is 15.3. The van der Waals surface area contributed by atoms with Crippen LogP contribution in [0.2, 0.25) is 0 Å². The first kappa shape index (κ1) is 31.8. The first-order valence-corrected chi connectivity index (χ1v) is 19.0. The van der Waals surface area contributed by atoms with Crippen LogP contribution in [0.5, 0.6) is 0 Å². The van der Waals surface area contributed by atoms with Gasteiger partial charge in [-0.2, -0.15) is 0 Å². The Balaban J connectivity index is 1.28. The number of thiazole rings is 1. The molecule has 3 saturated heterocycles. The summed E-state index contributed by atoms with van der Waals surface area (Å²) in [6, 6.07) is 8.32. The molecule has 4 aromatic rings. The Morgan fingerprint density at radius 3 is 2.30 bits per heavy atom. The molecule has 11 nitrogen and oxygen atoms in total. The minimum atomic E-state index is -4.85. The van der Waals surface area contributed by atoms with E-state index >= 15 is 4.39 Å². The van der Waals surface area contributed by atoms with Gasteiger partial charge in [-0.3, -0.25) is 4.72 Å². The number of hydrogen-bond acceptors (Lipinski definition) is 11. The first-order chi connectivity index (χ1) is 22.5. The van der Waals surface area contributed by atoms with Crippen LogP contribution in [-0.2, 0) is 24.6 Å². The van der Waals surface area contributed by atoms with E-state index in [1.54, 1.807) is 6.07 Å². The summed E-state index contributed by atoms with van der Waals surface area (Å²) in [6.07, 6.45) is 4.18. The molecule has 2 unspecified atom stereocenters. The Morgan fingerprint density at radius 1 is 0.915 bits per heavy atom. The molecule has 3 aliphatic rings. The Kier molecular flexibility index (Phi) is 8.34. The zero-order valence-corrected chi connectivity index (χ0v) is 27.1. The van der Waals surface area contributed by atoms with E-state index in [-0.39, 0.29) is 46.8 Å². The van der Waals surface area contributed by atoms with E-state index in [1.165, 1.54) is 29.7 Å². The van der Waals surface area contributed by atoms with Crippen LogP contribution in [0.4, 0.5) is 29.9 Å². The molecule has 2 atom stereocenters. The molecule has 47 heavy (non-hydrogen) atoms. The van der Waals surface area contributed by atoms with Gasteiger partial charge in [0.15, 0.2) is 15.8 Å². The molecule has 3 aliphatic heterocycles. The zero-order chi connectivity index (χ0) is 32.9. The maximum Gasteiger partial charge on any atom is 0.267 e. The quantitative estimate of drug-likeness (QED) is 0.261. The van der Waals surface area contributed by atoms with E-state index < -0.39 is 47.9 Å². The van der Waals surface area contributed by atoms with Gasteiger partial charge in [0, 0.05) is 17.8 Å². The lowest BCUT2D eigenvalue weighted by Crippen LogP contribution is -2.45. The van der Waals surface area contributed by atoms with Gasteiger partial charge in [0.1, 0.15) is 21.5 Å².